The Hall–Kier alpha value is -1.73. The number of rotatable bonds is 4. The van der Waals surface area contributed by atoms with E-state index in [-0.39, 0.29) is 11.7 Å². The third kappa shape index (κ3) is 3.18. The Labute approximate surface area is 111 Å². The van der Waals surface area contributed by atoms with Crippen LogP contribution >= 0.6 is 0 Å². The van der Waals surface area contributed by atoms with Crippen LogP contribution in [0.4, 0.5) is 5.82 Å². The summed E-state index contributed by atoms with van der Waals surface area (Å²) >= 11 is 0. The fourth-order valence-electron chi connectivity index (χ4n) is 2.36. The summed E-state index contributed by atoms with van der Waals surface area (Å²) in [7, 11) is 3.92. The second-order valence-electron chi connectivity index (χ2n) is 5.03. The van der Waals surface area contributed by atoms with Gasteiger partial charge >= 0.3 is 5.97 Å². The third-order valence-corrected chi connectivity index (χ3v) is 3.10. The first-order chi connectivity index (χ1) is 8.97. The topological polar surface area (TPSA) is 89.8 Å². The molecule has 2 unspecified atom stereocenters. The summed E-state index contributed by atoms with van der Waals surface area (Å²) in [5.74, 6) is -0.596. The maximum atomic E-state index is 10.9. The van der Waals surface area contributed by atoms with Crippen molar-refractivity contribution in [2.24, 2.45) is 0 Å². The Morgan fingerprint density at radius 1 is 1.53 bits per heavy atom. The van der Waals surface area contributed by atoms with Gasteiger partial charge in [-0.3, -0.25) is 4.98 Å². The zero-order valence-corrected chi connectivity index (χ0v) is 11.0. The standard InChI is InChI=1S/C12H18N4O3/c1-15(2)6-8-3-9(17)7-16(8)11-5-13-4-10(14-11)12(18)19/h4-5,8-9,17H,3,6-7H2,1-2H3,(H,18,19). The van der Waals surface area contributed by atoms with E-state index in [0.717, 1.165) is 6.54 Å². The molecule has 2 rings (SSSR count). The van der Waals surface area contributed by atoms with Crippen LogP contribution in [-0.4, -0.2) is 70.4 Å². The van der Waals surface area contributed by atoms with Crippen molar-refractivity contribution in [2.45, 2.75) is 18.6 Å². The molecule has 0 radical (unpaired) electrons. The van der Waals surface area contributed by atoms with Crippen molar-refractivity contribution in [3.05, 3.63) is 18.1 Å². The predicted molar refractivity (Wildman–Crippen MR) is 69.3 cm³/mol. The molecule has 2 heterocycles. The molecule has 2 atom stereocenters. The van der Waals surface area contributed by atoms with Crippen LogP contribution in [0.5, 0.6) is 0 Å². The van der Waals surface area contributed by atoms with Crippen LogP contribution in [0.1, 0.15) is 16.9 Å². The Morgan fingerprint density at radius 3 is 2.89 bits per heavy atom. The predicted octanol–water partition coefficient (Wildman–Crippen LogP) is -0.324. The zero-order chi connectivity index (χ0) is 14.0. The molecule has 1 aliphatic heterocycles. The molecule has 0 amide bonds. The average molecular weight is 266 g/mol. The summed E-state index contributed by atoms with van der Waals surface area (Å²) in [6.07, 6.45) is 2.99. The van der Waals surface area contributed by atoms with E-state index in [2.05, 4.69) is 9.97 Å². The Kier molecular flexibility index (Phi) is 3.96. The monoisotopic (exact) mass is 266 g/mol. The van der Waals surface area contributed by atoms with Crippen LogP contribution < -0.4 is 4.90 Å². The van der Waals surface area contributed by atoms with Crippen molar-refractivity contribution in [1.29, 1.82) is 0 Å². The third-order valence-electron chi connectivity index (χ3n) is 3.10. The highest BCUT2D eigenvalue weighted by Crippen LogP contribution is 2.24. The van der Waals surface area contributed by atoms with Gasteiger partial charge in [0.15, 0.2) is 5.69 Å². The molecule has 1 saturated heterocycles. The summed E-state index contributed by atoms with van der Waals surface area (Å²) in [5, 5.41) is 18.7. The van der Waals surface area contributed by atoms with Gasteiger partial charge in [0.25, 0.3) is 0 Å². The molecule has 1 aromatic rings. The molecule has 19 heavy (non-hydrogen) atoms. The number of aromatic carboxylic acids is 1. The van der Waals surface area contributed by atoms with Crippen LogP contribution in [0.25, 0.3) is 0 Å². The quantitative estimate of drug-likeness (QED) is 0.771. The summed E-state index contributed by atoms with van der Waals surface area (Å²) in [6.45, 7) is 1.23. The van der Waals surface area contributed by atoms with Gasteiger partial charge in [0.1, 0.15) is 5.82 Å². The maximum Gasteiger partial charge on any atom is 0.356 e. The fourth-order valence-corrected chi connectivity index (χ4v) is 2.36. The molecule has 7 heteroatoms. The zero-order valence-electron chi connectivity index (χ0n) is 11.0. The lowest BCUT2D eigenvalue weighted by molar-refractivity contribution is 0.0690. The molecule has 0 spiro atoms. The molecular formula is C12H18N4O3. The van der Waals surface area contributed by atoms with E-state index in [1.54, 1.807) is 0 Å². The summed E-state index contributed by atoms with van der Waals surface area (Å²) in [6, 6.07) is 0.114. The van der Waals surface area contributed by atoms with Crippen molar-refractivity contribution in [1.82, 2.24) is 14.9 Å². The number of carboxylic acid groups (broad SMARTS) is 1. The number of nitrogens with zero attached hydrogens (tertiary/aromatic N) is 4. The van der Waals surface area contributed by atoms with Gasteiger partial charge in [0.2, 0.25) is 0 Å². The first-order valence-corrected chi connectivity index (χ1v) is 6.12. The van der Waals surface area contributed by atoms with Crippen molar-refractivity contribution < 1.29 is 15.0 Å². The molecule has 0 saturated carbocycles. The number of β-amino-alcohol motifs (C(OH)–C–C–N with tert-alkyl or cyclic N) is 1. The Bertz CT molecular complexity index is 466. The van der Waals surface area contributed by atoms with Crippen LogP contribution in [0.15, 0.2) is 12.4 Å². The molecule has 1 fully saturated rings. The molecular weight excluding hydrogens is 248 g/mol. The number of aliphatic hydroxyl groups excluding tert-OH is 1. The number of aliphatic hydroxyl groups is 1. The summed E-state index contributed by atoms with van der Waals surface area (Å²) in [4.78, 5) is 22.9. The van der Waals surface area contributed by atoms with Crippen LogP contribution in [-0.2, 0) is 0 Å². The SMILES string of the molecule is CN(C)CC1CC(O)CN1c1cncc(C(=O)O)n1. The Balaban J connectivity index is 2.23. The van der Waals surface area contributed by atoms with E-state index < -0.39 is 12.1 Å². The number of hydrogen-bond donors (Lipinski definition) is 2. The van der Waals surface area contributed by atoms with Gasteiger partial charge in [-0.15, -0.1) is 0 Å². The molecule has 2 N–H and O–H groups in total. The summed E-state index contributed by atoms with van der Waals surface area (Å²) in [5.41, 5.74) is -0.0810. The lowest BCUT2D eigenvalue weighted by Crippen LogP contribution is -2.38. The normalized spacial score (nSPS) is 23.1. The number of aromatic nitrogens is 2. The first-order valence-electron chi connectivity index (χ1n) is 6.12. The van der Waals surface area contributed by atoms with E-state index in [9.17, 15) is 9.90 Å². The Morgan fingerprint density at radius 2 is 2.26 bits per heavy atom. The minimum absolute atomic E-state index is 0.0810. The van der Waals surface area contributed by atoms with Gasteiger partial charge in [0, 0.05) is 19.1 Å². The number of likely N-dealkylation sites (N-methyl/N-ethyl adjacent to an activating group) is 1. The van der Waals surface area contributed by atoms with E-state index in [4.69, 9.17) is 5.11 Å². The van der Waals surface area contributed by atoms with E-state index in [0.29, 0.717) is 18.8 Å². The minimum atomic E-state index is -1.10. The summed E-state index contributed by atoms with van der Waals surface area (Å²) < 4.78 is 0. The molecule has 1 aromatic heterocycles. The van der Waals surface area contributed by atoms with Crippen LogP contribution in [0.3, 0.4) is 0 Å². The molecule has 1 aliphatic rings. The van der Waals surface area contributed by atoms with Crippen LogP contribution in [0.2, 0.25) is 0 Å². The first kappa shape index (κ1) is 13.7. The molecule has 0 bridgehead atoms. The van der Waals surface area contributed by atoms with Crippen molar-refractivity contribution in [3.8, 4) is 0 Å². The van der Waals surface area contributed by atoms with E-state index in [1.807, 2.05) is 23.9 Å². The van der Waals surface area contributed by atoms with Crippen molar-refractivity contribution in [3.63, 3.8) is 0 Å². The fraction of sp³-hybridized carbons (Fsp3) is 0.583. The highest BCUT2D eigenvalue weighted by atomic mass is 16.4. The second kappa shape index (κ2) is 5.50. The lowest BCUT2D eigenvalue weighted by Gasteiger charge is -2.27. The largest absolute Gasteiger partial charge is 0.476 e. The lowest BCUT2D eigenvalue weighted by atomic mass is 10.2. The highest BCUT2D eigenvalue weighted by molar-refractivity contribution is 5.85. The van der Waals surface area contributed by atoms with Gasteiger partial charge in [-0.25, -0.2) is 9.78 Å². The van der Waals surface area contributed by atoms with Gasteiger partial charge in [-0.2, -0.15) is 0 Å². The van der Waals surface area contributed by atoms with Gasteiger partial charge in [-0.1, -0.05) is 0 Å². The van der Waals surface area contributed by atoms with Crippen molar-refractivity contribution >= 4 is 11.8 Å². The number of hydrogen-bond acceptors (Lipinski definition) is 6. The average Bonchev–Trinajstić information content (AvgIpc) is 2.69. The smallest absolute Gasteiger partial charge is 0.356 e. The molecule has 0 aliphatic carbocycles. The van der Waals surface area contributed by atoms with E-state index in [1.165, 1.54) is 12.4 Å². The van der Waals surface area contributed by atoms with Gasteiger partial charge in [-0.05, 0) is 20.5 Å². The molecule has 7 nitrogen and oxygen atoms in total. The number of carbonyl (C=O) groups is 1. The molecule has 104 valence electrons. The minimum Gasteiger partial charge on any atom is -0.476 e. The van der Waals surface area contributed by atoms with Gasteiger partial charge < -0.3 is 20.0 Å². The maximum absolute atomic E-state index is 10.9. The van der Waals surface area contributed by atoms with Crippen molar-refractivity contribution in [2.75, 3.05) is 32.1 Å². The second-order valence-corrected chi connectivity index (χ2v) is 5.03. The van der Waals surface area contributed by atoms with Crippen LogP contribution in [0, 0.1) is 0 Å². The number of carboxylic acids is 1. The molecule has 0 aromatic carbocycles. The highest BCUT2D eigenvalue weighted by Gasteiger charge is 2.32. The number of anilines is 1. The van der Waals surface area contributed by atoms with Gasteiger partial charge in [0.05, 0.1) is 18.5 Å². The van der Waals surface area contributed by atoms with E-state index >= 15 is 0 Å².